The fraction of sp³-hybridized carbons (Fsp3) is 0.429. The number of nitrogens with one attached hydrogen (secondary N) is 1. The van der Waals surface area contributed by atoms with Crippen molar-refractivity contribution in [3.05, 3.63) is 18.2 Å². The van der Waals surface area contributed by atoms with Gasteiger partial charge in [-0.15, -0.1) is 0 Å². The van der Waals surface area contributed by atoms with Crippen molar-refractivity contribution in [2.24, 2.45) is 0 Å². The van der Waals surface area contributed by atoms with Crippen molar-refractivity contribution in [3.63, 3.8) is 0 Å². The van der Waals surface area contributed by atoms with Gasteiger partial charge in [0.25, 0.3) is 5.91 Å². The maximum Gasteiger partial charge on any atom is 0.407 e. The molecule has 7 heteroatoms. The van der Waals surface area contributed by atoms with Crippen LogP contribution in [0.15, 0.2) is 18.2 Å². The van der Waals surface area contributed by atoms with Crippen molar-refractivity contribution in [2.75, 3.05) is 25.0 Å². The van der Waals surface area contributed by atoms with E-state index < -0.39 is 6.09 Å². The average molecular weight is 292 g/mol. The Bertz CT molecular complexity index is 574. The van der Waals surface area contributed by atoms with Gasteiger partial charge in [0.2, 0.25) is 0 Å². The number of hydrogen-bond donors (Lipinski definition) is 2. The van der Waals surface area contributed by atoms with E-state index in [2.05, 4.69) is 5.32 Å². The molecule has 1 aromatic carbocycles. The van der Waals surface area contributed by atoms with E-state index in [9.17, 15) is 9.59 Å². The largest absolute Gasteiger partial charge is 0.489 e. The van der Waals surface area contributed by atoms with Crippen molar-refractivity contribution in [2.45, 2.75) is 18.9 Å². The topological polar surface area (TPSA) is 88.1 Å². The predicted octanol–water partition coefficient (Wildman–Crippen LogP) is 1.54. The standard InChI is InChI=1S/C14H16N2O5/c17-13-8-20-12-4-3-9(6-11(12)15-13)21-10-2-1-5-16(7-10)14(18)19/h3-4,6,10H,1-2,5,7-8H2,(H,15,17)(H,18,19)/t10-/m1/s1. The zero-order chi connectivity index (χ0) is 14.8. The molecule has 0 radical (unpaired) electrons. The van der Waals surface area contributed by atoms with Crippen LogP contribution in [-0.4, -0.2) is 47.8 Å². The lowest BCUT2D eigenvalue weighted by Gasteiger charge is -2.31. The lowest BCUT2D eigenvalue weighted by atomic mass is 10.1. The smallest absolute Gasteiger partial charge is 0.407 e. The second kappa shape index (κ2) is 5.51. The van der Waals surface area contributed by atoms with Crippen LogP contribution in [0, 0.1) is 0 Å². The van der Waals surface area contributed by atoms with Crippen LogP contribution < -0.4 is 14.8 Å². The molecule has 1 atom stereocenters. The molecule has 0 aromatic heterocycles. The number of rotatable bonds is 2. The van der Waals surface area contributed by atoms with Crippen LogP contribution in [0.5, 0.6) is 11.5 Å². The Morgan fingerprint density at radius 2 is 2.33 bits per heavy atom. The maximum absolute atomic E-state index is 11.3. The van der Waals surface area contributed by atoms with Gasteiger partial charge in [0, 0.05) is 12.6 Å². The van der Waals surface area contributed by atoms with Gasteiger partial charge in [-0.3, -0.25) is 4.79 Å². The summed E-state index contributed by atoms with van der Waals surface area (Å²) in [6.45, 7) is 0.919. The molecule has 2 N–H and O–H groups in total. The molecule has 7 nitrogen and oxygen atoms in total. The quantitative estimate of drug-likeness (QED) is 0.863. The SMILES string of the molecule is O=C1COc2ccc(O[C@@H]3CCCN(C(=O)O)C3)cc2N1. The molecule has 1 saturated heterocycles. The minimum absolute atomic E-state index is 0.0173. The second-order valence-electron chi connectivity index (χ2n) is 5.11. The van der Waals surface area contributed by atoms with Gasteiger partial charge in [-0.25, -0.2) is 4.79 Å². The number of piperidine rings is 1. The number of nitrogens with zero attached hydrogens (tertiary/aromatic N) is 1. The first-order chi connectivity index (χ1) is 10.1. The Kier molecular flexibility index (Phi) is 3.55. The number of hydrogen-bond acceptors (Lipinski definition) is 4. The molecule has 1 fully saturated rings. The van der Waals surface area contributed by atoms with Crippen molar-refractivity contribution in [3.8, 4) is 11.5 Å². The van der Waals surface area contributed by atoms with E-state index in [-0.39, 0.29) is 18.6 Å². The molecule has 2 amide bonds. The molecule has 2 aliphatic rings. The van der Waals surface area contributed by atoms with Gasteiger partial charge in [-0.05, 0) is 25.0 Å². The summed E-state index contributed by atoms with van der Waals surface area (Å²) in [4.78, 5) is 23.6. The van der Waals surface area contributed by atoms with Crippen molar-refractivity contribution >= 4 is 17.7 Å². The van der Waals surface area contributed by atoms with Crippen molar-refractivity contribution in [1.29, 1.82) is 0 Å². The Balaban J connectivity index is 1.69. The third-order valence-corrected chi connectivity index (χ3v) is 3.54. The summed E-state index contributed by atoms with van der Waals surface area (Å²) in [6, 6.07) is 5.20. The van der Waals surface area contributed by atoms with Gasteiger partial charge < -0.3 is 24.8 Å². The van der Waals surface area contributed by atoms with Crippen LogP contribution in [-0.2, 0) is 4.79 Å². The Morgan fingerprint density at radius 3 is 3.14 bits per heavy atom. The maximum atomic E-state index is 11.3. The number of fused-ring (bicyclic) bond motifs is 1. The number of benzene rings is 1. The molecule has 1 aromatic rings. The van der Waals surface area contributed by atoms with Gasteiger partial charge >= 0.3 is 6.09 Å². The Morgan fingerprint density at radius 1 is 1.48 bits per heavy atom. The van der Waals surface area contributed by atoms with Gasteiger partial charge in [0.15, 0.2) is 6.61 Å². The van der Waals surface area contributed by atoms with Crippen LogP contribution in [0.25, 0.3) is 0 Å². The van der Waals surface area contributed by atoms with Crippen LogP contribution in [0.4, 0.5) is 10.5 Å². The molecular weight excluding hydrogens is 276 g/mol. The van der Waals surface area contributed by atoms with E-state index in [1.807, 2.05) is 0 Å². The number of carboxylic acid groups (broad SMARTS) is 1. The molecule has 0 saturated carbocycles. The Hall–Kier alpha value is -2.44. The van der Waals surface area contributed by atoms with Crippen LogP contribution >= 0.6 is 0 Å². The first kappa shape index (κ1) is 13.5. The summed E-state index contributed by atoms with van der Waals surface area (Å²) in [5, 5.41) is 11.7. The molecule has 2 heterocycles. The third-order valence-electron chi connectivity index (χ3n) is 3.54. The predicted molar refractivity (Wildman–Crippen MR) is 73.8 cm³/mol. The number of carbonyl (C=O) groups excluding carboxylic acids is 1. The summed E-state index contributed by atoms with van der Waals surface area (Å²) in [6.07, 6.45) is 0.494. The summed E-state index contributed by atoms with van der Waals surface area (Å²) < 4.78 is 11.1. The van der Waals surface area contributed by atoms with Gasteiger partial charge in [-0.2, -0.15) is 0 Å². The Labute approximate surface area is 121 Å². The monoisotopic (exact) mass is 292 g/mol. The van der Waals surface area contributed by atoms with E-state index in [0.29, 0.717) is 30.3 Å². The zero-order valence-corrected chi connectivity index (χ0v) is 11.4. The molecule has 112 valence electrons. The van der Waals surface area contributed by atoms with E-state index in [1.54, 1.807) is 18.2 Å². The number of carbonyl (C=O) groups is 2. The lowest BCUT2D eigenvalue weighted by Crippen LogP contribution is -2.43. The number of anilines is 1. The van der Waals surface area contributed by atoms with Gasteiger partial charge in [-0.1, -0.05) is 0 Å². The van der Waals surface area contributed by atoms with E-state index in [4.69, 9.17) is 14.6 Å². The summed E-state index contributed by atoms with van der Waals surface area (Å²) in [7, 11) is 0. The first-order valence-electron chi connectivity index (χ1n) is 6.83. The molecular formula is C14H16N2O5. The molecule has 21 heavy (non-hydrogen) atoms. The number of amides is 2. The highest BCUT2D eigenvalue weighted by atomic mass is 16.5. The first-order valence-corrected chi connectivity index (χ1v) is 6.83. The minimum atomic E-state index is -0.922. The van der Waals surface area contributed by atoms with Gasteiger partial charge in [0.1, 0.15) is 17.6 Å². The summed E-state index contributed by atoms with van der Waals surface area (Å²) in [5.41, 5.74) is 0.578. The lowest BCUT2D eigenvalue weighted by molar-refractivity contribution is -0.118. The molecule has 3 rings (SSSR count). The third kappa shape index (κ3) is 3.01. The molecule has 0 unspecified atom stereocenters. The van der Waals surface area contributed by atoms with Crippen LogP contribution in [0.3, 0.4) is 0 Å². The number of ether oxygens (including phenoxy) is 2. The molecule has 0 spiro atoms. The molecule has 0 bridgehead atoms. The summed E-state index contributed by atoms with van der Waals surface area (Å²) in [5.74, 6) is 1.00. The zero-order valence-electron chi connectivity index (χ0n) is 11.4. The van der Waals surface area contributed by atoms with Crippen molar-refractivity contribution in [1.82, 2.24) is 4.90 Å². The number of likely N-dealkylation sites (tertiary alicyclic amines) is 1. The van der Waals surface area contributed by atoms with Gasteiger partial charge in [0.05, 0.1) is 12.2 Å². The highest BCUT2D eigenvalue weighted by Crippen LogP contribution is 2.32. The second-order valence-corrected chi connectivity index (χ2v) is 5.11. The van der Waals surface area contributed by atoms with Crippen LogP contribution in [0.1, 0.15) is 12.8 Å². The highest BCUT2D eigenvalue weighted by Gasteiger charge is 2.25. The molecule has 2 aliphatic heterocycles. The van der Waals surface area contributed by atoms with Crippen LogP contribution in [0.2, 0.25) is 0 Å². The van der Waals surface area contributed by atoms with E-state index in [1.165, 1.54) is 4.90 Å². The fourth-order valence-corrected chi connectivity index (χ4v) is 2.54. The minimum Gasteiger partial charge on any atom is -0.489 e. The average Bonchev–Trinajstić information content (AvgIpc) is 2.47. The van der Waals surface area contributed by atoms with E-state index >= 15 is 0 Å². The highest BCUT2D eigenvalue weighted by molar-refractivity contribution is 5.95. The summed E-state index contributed by atoms with van der Waals surface area (Å²) >= 11 is 0. The molecule has 0 aliphatic carbocycles. The van der Waals surface area contributed by atoms with Crippen molar-refractivity contribution < 1.29 is 24.2 Å². The van der Waals surface area contributed by atoms with E-state index in [0.717, 1.165) is 12.8 Å². The fourth-order valence-electron chi connectivity index (χ4n) is 2.54. The normalized spacial score (nSPS) is 21.0.